The maximum absolute atomic E-state index is 11.6. The van der Waals surface area contributed by atoms with Crippen LogP contribution in [0.25, 0.3) is 0 Å². The standard InChI is InChI=1S/C11H15N3O5/c1-7(19-9(6-16)2-3-15)14-5-8(4-12)10(17)13-11(14)18/h5,7,9,15-16H,2-3,6H2,1H3,(H,13,17,18)/t7?,9-/m0/s1. The second-order valence-electron chi connectivity index (χ2n) is 3.87. The van der Waals surface area contributed by atoms with Gasteiger partial charge in [0.05, 0.1) is 12.7 Å². The van der Waals surface area contributed by atoms with E-state index in [0.29, 0.717) is 0 Å². The monoisotopic (exact) mass is 269 g/mol. The molecule has 1 unspecified atom stereocenters. The molecule has 0 aliphatic carbocycles. The van der Waals surface area contributed by atoms with Crippen molar-refractivity contribution >= 4 is 0 Å². The second-order valence-corrected chi connectivity index (χ2v) is 3.87. The van der Waals surface area contributed by atoms with Crippen molar-refractivity contribution < 1.29 is 14.9 Å². The van der Waals surface area contributed by atoms with E-state index in [9.17, 15) is 9.59 Å². The van der Waals surface area contributed by atoms with E-state index in [2.05, 4.69) is 0 Å². The molecule has 0 bridgehead atoms. The molecule has 0 fully saturated rings. The van der Waals surface area contributed by atoms with Crippen LogP contribution in [0.5, 0.6) is 0 Å². The molecule has 19 heavy (non-hydrogen) atoms. The van der Waals surface area contributed by atoms with Crippen molar-refractivity contribution in [3.05, 3.63) is 32.6 Å². The largest absolute Gasteiger partial charge is 0.396 e. The third kappa shape index (κ3) is 3.75. The van der Waals surface area contributed by atoms with Gasteiger partial charge in [-0.3, -0.25) is 14.3 Å². The van der Waals surface area contributed by atoms with Crippen molar-refractivity contribution in [2.75, 3.05) is 13.2 Å². The minimum absolute atomic E-state index is 0.165. The average Bonchev–Trinajstić information content (AvgIpc) is 2.38. The molecule has 2 atom stereocenters. The maximum atomic E-state index is 11.6. The summed E-state index contributed by atoms with van der Waals surface area (Å²) in [7, 11) is 0. The molecule has 0 aliphatic heterocycles. The van der Waals surface area contributed by atoms with Crippen LogP contribution in [0.15, 0.2) is 15.8 Å². The van der Waals surface area contributed by atoms with E-state index >= 15 is 0 Å². The Balaban J connectivity index is 3.00. The number of nitrogens with one attached hydrogen (secondary N) is 1. The van der Waals surface area contributed by atoms with Gasteiger partial charge in [-0.1, -0.05) is 0 Å². The van der Waals surface area contributed by atoms with Crippen LogP contribution in [-0.2, 0) is 4.74 Å². The summed E-state index contributed by atoms with van der Waals surface area (Å²) in [5.41, 5.74) is -1.68. The maximum Gasteiger partial charge on any atom is 0.330 e. The van der Waals surface area contributed by atoms with Gasteiger partial charge in [0, 0.05) is 12.8 Å². The predicted molar refractivity (Wildman–Crippen MR) is 64.4 cm³/mol. The van der Waals surface area contributed by atoms with Crippen molar-refractivity contribution in [3.8, 4) is 6.07 Å². The number of aromatic amines is 1. The SMILES string of the molecule is CC(O[C@H](CO)CCO)n1cc(C#N)c(=O)[nH]c1=O. The topological polar surface area (TPSA) is 128 Å². The molecule has 1 rings (SSSR count). The van der Waals surface area contributed by atoms with Crippen molar-refractivity contribution in [1.82, 2.24) is 9.55 Å². The molecule has 0 saturated carbocycles. The van der Waals surface area contributed by atoms with Crippen molar-refractivity contribution in [2.24, 2.45) is 0 Å². The Morgan fingerprint density at radius 3 is 2.74 bits per heavy atom. The molecule has 8 nitrogen and oxygen atoms in total. The van der Waals surface area contributed by atoms with Crippen LogP contribution >= 0.6 is 0 Å². The van der Waals surface area contributed by atoms with E-state index < -0.39 is 23.6 Å². The molecule has 0 aromatic carbocycles. The Labute approximate surface area is 108 Å². The predicted octanol–water partition coefficient (Wildman–Crippen LogP) is -1.31. The summed E-state index contributed by atoms with van der Waals surface area (Å²) < 4.78 is 6.41. The molecule has 0 amide bonds. The van der Waals surface area contributed by atoms with Crippen LogP contribution in [0, 0.1) is 11.3 Å². The number of H-pyrrole nitrogens is 1. The highest BCUT2D eigenvalue weighted by molar-refractivity contribution is 5.21. The Hall–Kier alpha value is -1.95. The first-order chi connectivity index (χ1) is 9.03. The summed E-state index contributed by atoms with van der Waals surface area (Å²) >= 11 is 0. The Morgan fingerprint density at radius 1 is 1.53 bits per heavy atom. The fourth-order valence-electron chi connectivity index (χ4n) is 1.53. The summed E-state index contributed by atoms with van der Waals surface area (Å²) in [6.45, 7) is 1.05. The highest BCUT2D eigenvalue weighted by atomic mass is 16.5. The lowest BCUT2D eigenvalue weighted by atomic mass is 10.3. The van der Waals surface area contributed by atoms with Crippen LogP contribution in [0.2, 0.25) is 0 Å². The van der Waals surface area contributed by atoms with E-state index in [4.69, 9.17) is 20.2 Å². The summed E-state index contributed by atoms with van der Waals surface area (Å²) in [5, 5.41) is 26.5. The number of nitrogens with zero attached hydrogens (tertiary/aromatic N) is 2. The normalized spacial score (nSPS) is 13.8. The van der Waals surface area contributed by atoms with Crippen LogP contribution in [0.1, 0.15) is 25.1 Å². The molecule has 104 valence electrons. The van der Waals surface area contributed by atoms with E-state index in [0.717, 1.165) is 10.8 Å². The lowest BCUT2D eigenvalue weighted by Gasteiger charge is -2.21. The molecule has 0 radical (unpaired) electrons. The van der Waals surface area contributed by atoms with Crippen LogP contribution in [0.3, 0.4) is 0 Å². The van der Waals surface area contributed by atoms with Crippen LogP contribution in [0.4, 0.5) is 0 Å². The molecule has 8 heteroatoms. The van der Waals surface area contributed by atoms with Gasteiger partial charge in [0.25, 0.3) is 5.56 Å². The molecular weight excluding hydrogens is 254 g/mol. The third-order valence-electron chi connectivity index (χ3n) is 2.52. The molecule has 1 heterocycles. The molecule has 0 spiro atoms. The van der Waals surface area contributed by atoms with Gasteiger partial charge in [0.15, 0.2) is 0 Å². The molecular formula is C11H15N3O5. The number of aromatic nitrogens is 2. The zero-order chi connectivity index (χ0) is 14.4. The Morgan fingerprint density at radius 2 is 2.21 bits per heavy atom. The molecule has 3 N–H and O–H groups in total. The van der Waals surface area contributed by atoms with Crippen LogP contribution < -0.4 is 11.2 Å². The number of hydrogen-bond acceptors (Lipinski definition) is 6. The first-order valence-corrected chi connectivity index (χ1v) is 5.66. The number of nitriles is 1. The zero-order valence-corrected chi connectivity index (χ0v) is 10.4. The summed E-state index contributed by atoms with van der Waals surface area (Å²) in [6.07, 6.45) is -0.118. The molecule has 0 saturated heterocycles. The summed E-state index contributed by atoms with van der Waals surface area (Å²) in [6, 6.07) is 1.66. The zero-order valence-electron chi connectivity index (χ0n) is 10.4. The number of aliphatic hydroxyl groups excluding tert-OH is 2. The van der Waals surface area contributed by atoms with Gasteiger partial charge in [-0.15, -0.1) is 0 Å². The number of aliphatic hydroxyl groups is 2. The van der Waals surface area contributed by atoms with Crippen molar-refractivity contribution in [3.63, 3.8) is 0 Å². The summed E-state index contributed by atoms with van der Waals surface area (Å²) in [5.74, 6) is 0. The number of rotatable bonds is 6. The summed E-state index contributed by atoms with van der Waals surface area (Å²) in [4.78, 5) is 24.8. The van der Waals surface area contributed by atoms with Gasteiger partial charge in [0.2, 0.25) is 0 Å². The minimum Gasteiger partial charge on any atom is -0.396 e. The lowest BCUT2D eigenvalue weighted by molar-refractivity contribution is -0.0749. The van der Waals surface area contributed by atoms with E-state index in [1.807, 2.05) is 4.98 Å². The highest BCUT2D eigenvalue weighted by Crippen LogP contribution is 2.10. The van der Waals surface area contributed by atoms with Gasteiger partial charge in [-0.25, -0.2) is 4.79 Å². The van der Waals surface area contributed by atoms with Gasteiger partial charge < -0.3 is 14.9 Å². The second kappa shape index (κ2) is 6.84. The first-order valence-electron chi connectivity index (χ1n) is 5.66. The van der Waals surface area contributed by atoms with E-state index in [-0.39, 0.29) is 25.2 Å². The van der Waals surface area contributed by atoms with Gasteiger partial charge in [-0.05, 0) is 13.3 Å². The highest BCUT2D eigenvalue weighted by Gasteiger charge is 2.15. The number of hydrogen-bond donors (Lipinski definition) is 3. The van der Waals surface area contributed by atoms with Crippen molar-refractivity contribution in [2.45, 2.75) is 25.7 Å². The Bertz CT molecular complexity index is 571. The van der Waals surface area contributed by atoms with Gasteiger partial charge in [0.1, 0.15) is 17.9 Å². The van der Waals surface area contributed by atoms with E-state index in [1.165, 1.54) is 6.92 Å². The van der Waals surface area contributed by atoms with Crippen LogP contribution in [-0.4, -0.2) is 39.1 Å². The van der Waals surface area contributed by atoms with Crippen molar-refractivity contribution in [1.29, 1.82) is 5.26 Å². The quantitative estimate of drug-likeness (QED) is 0.588. The number of ether oxygens (including phenoxy) is 1. The third-order valence-corrected chi connectivity index (χ3v) is 2.52. The first kappa shape index (κ1) is 15.1. The Kier molecular flexibility index (Phi) is 5.44. The van der Waals surface area contributed by atoms with E-state index in [1.54, 1.807) is 6.07 Å². The van der Waals surface area contributed by atoms with Gasteiger partial charge >= 0.3 is 5.69 Å². The lowest BCUT2D eigenvalue weighted by Crippen LogP contribution is -2.35. The molecule has 0 aliphatic rings. The smallest absolute Gasteiger partial charge is 0.330 e. The fourth-order valence-corrected chi connectivity index (χ4v) is 1.53. The fraction of sp³-hybridized carbons (Fsp3) is 0.545. The molecule has 1 aromatic rings. The van der Waals surface area contributed by atoms with Gasteiger partial charge in [-0.2, -0.15) is 5.26 Å². The average molecular weight is 269 g/mol. The molecule has 1 aromatic heterocycles. The minimum atomic E-state index is -0.792.